The summed E-state index contributed by atoms with van der Waals surface area (Å²) in [7, 11) is 0. The average molecular weight is 623 g/mol. The number of hydrogen-bond donors (Lipinski definition) is 1. The number of carbonyl (C=O) groups excluding carboxylic acids is 2. The molecule has 5 heteroatoms. The predicted molar refractivity (Wildman–Crippen MR) is 184 cm³/mol. The van der Waals surface area contributed by atoms with Crippen molar-refractivity contribution in [3.63, 3.8) is 0 Å². The maximum absolute atomic E-state index is 12.4. The maximum Gasteiger partial charge on any atom is 0.336 e. The van der Waals surface area contributed by atoms with Crippen LogP contribution in [0.25, 0.3) is 0 Å². The number of ether oxygens (including phenoxy) is 2. The van der Waals surface area contributed by atoms with Crippen LogP contribution in [0.4, 0.5) is 0 Å². The third kappa shape index (κ3) is 12.7. The minimum absolute atomic E-state index is 0.000630. The lowest BCUT2D eigenvalue weighted by Gasteiger charge is -2.38. The van der Waals surface area contributed by atoms with Gasteiger partial charge in [-0.15, -0.1) is 0 Å². The summed E-state index contributed by atoms with van der Waals surface area (Å²) in [6, 6.07) is 9.05. The zero-order chi connectivity index (χ0) is 32.8. The van der Waals surface area contributed by atoms with E-state index in [-0.39, 0.29) is 24.7 Å². The predicted octanol–water partition coefficient (Wildman–Crippen LogP) is 9.67. The molecule has 1 N–H and O–H groups in total. The first-order chi connectivity index (χ1) is 21.5. The van der Waals surface area contributed by atoms with Crippen molar-refractivity contribution >= 4 is 11.9 Å². The van der Waals surface area contributed by atoms with E-state index < -0.39 is 17.5 Å². The highest BCUT2D eigenvalue weighted by molar-refractivity contribution is 5.89. The van der Waals surface area contributed by atoms with Crippen molar-refractivity contribution in [2.24, 2.45) is 23.7 Å². The number of carbonyl (C=O) groups is 2. The molecule has 3 rings (SSSR count). The molecule has 0 spiro atoms. The van der Waals surface area contributed by atoms with E-state index in [0.717, 1.165) is 24.2 Å². The van der Waals surface area contributed by atoms with Crippen molar-refractivity contribution in [1.82, 2.24) is 0 Å². The van der Waals surface area contributed by atoms with Gasteiger partial charge in [-0.3, -0.25) is 0 Å². The Labute approximate surface area is 274 Å². The molecule has 0 saturated heterocycles. The van der Waals surface area contributed by atoms with E-state index in [9.17, 15) is 14.7 Å². The van der Waals surface area contributed by atoms with Gasteiger partial charge in [0, 0.05) is 11.5 Å². The van der Waals surface area contributed by atoms with Crippen LogP contribution in [-0.4, -0.2) is 35.9 Å². The largest absolute Gasteiger partial charge is 0.462 e. The molecule has 2 saturated carbocycles. The van der Waals surface area contributed by atoms with Crippen LogP contribution < -0.4 is 0 Å². The normalized spacial score (nSPS) is 22.8. The molecule has 252 valence electrons. The van der Waals surface area contributed by atoms with Crippen LogP contribution in [0.15, 0.2) is 48.6 Å². The van der Waals surface area contributed by atoms with Crippen LogP contribution in [0.3, 0.4) is 0 Å². The molecule has 0 heterocycles. The molecule has 0 amide bonds. The number of unbranched alkanes of at least 4 members (excludes halogenated alkanes) is 4. The van der Waals surface area contributed by atoms with E-state index in [0.29, 0.717) is 17.9 Å². The fourth-order valence-corrected chi connectivity index (χ4v) is 7.30. The summed E-state index contributed by atoms with van der Waals surface area (Å²) in [6.07, 6.45) is 21.2. The smallest absolute Gasteiger partial charge is 0.336 e. The van der Waals surface area contributed by atoms with Gasteiger partial charge in [-0.05, 0) is 107 Å². The molecule has 2 aliphatic carbocycles. The van der Waals surface area contributed by atoms with Gasteiger partial charge in [-0.25, -0.2) is 9.59 Å². The Bertz CT molecular complexity index is 1060. The Balaban J connectivity index is 1.42. The molecule has 1 unspecified atom stereocenters. The van der Waals surface area contributed by atoms with Crippen molar-refractivity contribution in [1.29, 1.82) is 0 Å². The first-order valence-corrected chi connectivity index (χ1v) is 18.0. The number of rotatable bonds is 18. The second kappa shape index (κ2) is 18.7. The van der Waals surface area contributed by atoms with Crippen LogP contribution in [-0.2, 0) is 25.5 Å². The van der Waals surface area contributed by atoms with Crippen LogP contribution >= 0.6 is 0 Å². The number of benzene rings is 1. The summed E-state index contributed by atoms with van der Waals surface area (Å²) in [6.45, 7) is 14.4. The minimum Gasteiger partial charge on any atom is -0.462 e. The van der Waals surface area contributed by atoms with Gasteiger partial charge in [0.25, 0.3) is 0 Å². The molecule has 0 radical (unpaired) electrons. The second-order valence-electron chi connectivity index (χ2n) is 14.8. The third-order valence-electron chi connectivity index (χ3n) is 10.6. The topological polar surface area (TPSA) is 72.8 Å². The molecule has 0 aliphatic heterocycles. The number of aryl methyl sites for hydroxylation is 1. The molecule has 45 heavy (non-hydrogen) atoms. The van der Waals surface area contributed by atoms with Crippen LogP contribution in [0, 0.1) is 23.7 Å². The maximum atomic E-state index is 12.4. The van der Waals surface area contributed by atoms with Gasteiger partial charge in [0.05, 0.1) is 24.4 Å². The fraction of sp³-hybridized carbons (Fsp3) is 0.700. The molecule has 1 aromatic rings. The van der Waals surface area contributed by atoms with E-state index in [1.54, 1.807) is 6.92 Å². The molecular weight excluding hydrogens is 560 g/mol. The Hall–Kier alpha value is -2.40. The zero-order valence-electron chi connectivity index (χ0n) is 28.9. The molecular formula is C40H62O5. The van der Waals surface area contributed by atoms with E-state index in [2.05, 4.69) is 44.3 Å². The lowest BCUT2D eigenvalue weighted by atomic mass is 9.68. The molecule has 1 aromatic carbocycles. The summed E-state index contributed by atoms with van der Waals surface area (Å²) in [5, 5.41) is 10.1. The van der Waals surface area contributed by atoms with Gasteiger partial charge in [0.15, 0.2) is 0 Å². The lowest BCUT2D eigenvalue weighted by molar-refractivity contribution is -0.145. The zero-order valence-corrected chi connectivity index (χ0v) is 28.9. The molecule has 0 bridgehead atoms. The molecule has 2 aliphatic rings. The van der Waals surface area contributed by atoms with Gasteiger partial charge < -0.3 is 14.6 Å². The third-order valence-corrected chi connectivity index (χ3v) is 10.6. The van der Waals surface area contributed by atoms with E-state index >= 15 is 0 Å². The van der Waals surface area contributed by atoms with Crippen molar-refractivity contribution in [3.8, 4) is 0 Å². The molecule has 1 atom stereocenters. The molecule has 5 nitrogen and oxygen atoms in total. The first kappa shape index (κ1) is 37.1. The van der Waals surface area contributed by atoms with E-state index in [1.165, 1.54) is 115 Å². The minimum atomic E-state index is -1.35. The van der Waals surface area contributed by atoms with Crippen LogP contribution in [0.1, 0.15) is 141 Å². The number of aliphatic hydroxyl groups is 1. The monoisotopic (exact) mass is 622 g/mol. The van der Waals surface area contributed by atoms with Crippen molar-refractivity contribution in [2.75, 3.05) is 13.2 Å². The molecule has 0 aromatic heterocycles. The van der Waals surface area contributed by atoms with Gasteiger partial charge in [-0.2, -0.15) is 0 Å². The van der Waals surface area contributed by atoms with Gasteiger partial charge >= 0.3 is 11.9 Å². The summed E-state index contributed by atoms with van der Waals surface area (Å²) >= 11 is 0. The lowest BCUT2D eigenvalue weighted by Crippen LogP contribution is -2.30. The Morgan fingerprint density at radius 1 is 0.844 bits per heavy atom. The van der Waals surface area contributed by atoms with Gasteiger partial charge in [-0.1, -0.05) is 95.7 Å². The highest BCUT2D eigenvalue weighted by Crippen LogP contribution is 2.44. The van der Waals surface area contributed by atoms with E-state index in [4.69, 9.17) is 9.47 Å². The summed E-state index contributed by atoms with van der Waals surface area (Å²) in [5.74, 6) is 2.27. The van der Waals surface area contributed by atoms with Crippen molar-refractivity contribution in [2.45, 2.75) is 142 Å². The Morgan fingerprint density at radius 3 is 1.96 bits per heavy atom. The summed E-state index contributed by atoms with van der Waals surface area (Å²) < 4.78 is 10.8. The average Bonchev–Trinajstić information content (AvgIpc) is 3.03. The first-order valence-electron chi connectivity index (χ1n) is 18.0. The van der Waals surface area contributed by atoms with Crippen LogP contribution in [0.2, 0.25) is 0 Å². The Morgan fingerprint density at radius 2 is 1.40 bits per heavy atom. The highest BCUT2D eigenvalue weighted by atomic mass is 16.5. The highest BCUT2D eigenvalue weighted by Gasteiger charge is 2.31. The standard InChI is InChI=1S/C40H62O5/c1-7-8-9-10-11-12-31-15-19-34(20-16-31)36-23-25-37(26-24-36)35-21-17-32(18-22-35)13-14-33(27-44-38(41)29(2)3)28-45-39(42)30(4)40(5,6)43/h17-18,21-22,31,33-34,36-37,43H,2,4,7-16,19-20,23-28H2,1,3,5-6H3. The summed E-state index contributed by atoms with van der Waals surface area (Å²) in [4.78, 5) is 24.4. The fourth-order valence-electron chi connectivity index (χ4n) is 7.30. The van der Waals surface area contributed by atoms with Crippen molar-refractivity contribution in [3.05, 3.63) is 59.7 Å². The van der Waals surface area contributed by atoms with Crippen molar-refractivity contribution < 1.29 is 24.2 Å². The SMILES string of the molecule is C=C(C)C(=O)OCC(CCc1ccc(C2CCC(C3CCC(CCCCCCC)CC3)CC2)cc1)COC(=O)C(=C)C(C)(C)O. The van der Waals surface area contributed by atoms with Gasteiger partial charge in [0.2, 0.25) is 0 Å². The van der Waals surface area contributed by atoms with Gasteiger partial charge in [0.1, 0.15) is 0 Å². The quantitative estimate of drug-likeness (QED) is 0.100. The second-order valence-corrected chi connectivity index (χ2v) is 14.8. The summed E-state index contributed by atoms with van der Waals surface area (Å²) in [5.41, 5.74) is 1.65. The van der Waals surface area contributed by atoms with Crippen LogP contribution in [0.5, 0.6) is 0 Å². The number of hydrogen-bond acceptors (Lipinski definition) is 5. The Kier molecular flexibility index (Phi) is 15.4. The van der Waals surface area contributed by atoms with E-state index in [1.807, 2.05) is 0 Å². The number of esters is 2. The molecule has 2 fully saturated rings.